The highest BCUT2D eigenvalue weighted by Gasteiger charge is 2.11. The lowest BCUT2D eigenvalue weighted by Gasteiger charge is -2.08. The van der Waals surface area contributed by atoms with Crippen LogP contribution in [0, 0.1) is 0 Å². The Bertz CT molecular complexity index is 514. The maximum Gasteiger partial charge on any atom is 0.153 e. The van der Waals surface area contributed by atoms with Crippen LogP contribution < -0.4 is 0 Å². The van der Waals surface area contributed by atoms with Gasteiger partial charge in [0.2, 0.25) is 0 Å². The van der Waals surface area contributed by atoms with E-state index in [-0.39, 0.29) is 17.9 Å². The fourth-order valence-corrected chi connectivity index (χ4v) is 1.67. The first-order chi connectivity index (χ1) is 8.26. The van der Waals surface area contributed by atoms with Gasteiger partial charge in [0.15, 0.2) is 6.29 Å². The van der Waals surface area contributed by atoms with Crippen molar-refractivity contribution >= 4 is 6.29 Å². The number of ether oxygens (including phenoxy) is 1. The third-order valence-electron chi connectivity index (χ3n) is 2.50. The number of carbonyl (C=O) groups excluding carboxylic acids is 1. The highest BCUT2D eigenvalue weighted by atomic mass is 16.5. The van der Waals surface area contributed by atoms with E-state index >= 15 is 0 Å². The summed E-state index contributed by atoms with van der Waals surface area (Å²) in [5.74, 6) is -0.0332. The van der Waals surface area contributed by atoms with Gasteiger partial charge in [0.1, 0.15) is 5.75 Å². The van der Waals surface area contributed by atoms with E-state index in [2.05, 4.69) is 0 Å². The molecule has 1 heterocycles. The topological polar surface area (TPSA) is 59.7 Å². The molecule has 0 aliphatic rings. The van der Waals surface area contributed by atoms with E-state index in [0.717, 1.165) is 11.1 Å². The zero-order valence-corrected chi connectivity index (χ0v) is 9.34. The third kappa shape index (κ3) is 2.21. The lowest BCUT2D eigenvalue weighted by atomic mass is 10.0. The van der Waals surface area contributed by atoms with Gasteiger partial charge in [0, 0.05) is 18.2 Å². The van der Waals surface area contributed by atoms with Crippen LogP contribution in [0.4, 0.5) is 0 Å². The molecular weight excluding hydrogens is 220 g/mol. The van der Waals surface area contributed by atoms with Crippen molar-refractivity contribution in [1.29, 1.82) is 0 Å². The fourth-order valence-electron chi connectivity index (χ4n) is 1.67. The number of furan rings is 1. The number of carbonyl (C=O) groups is 1. The SMILES string of the molecule is COCc1cc(-c2ccoc2)cc(C=O)c1O. The molecule has 0 bridgehead atoms. The van der Waals surface area contributed by atoms with E-state index in [0.29, 0.717) is 11.8 Å². The second kappa shape index (κ2) is 4.84. The number of phenols is 1. The van der Waals surface area contributed by atoms with Gasteiger partial charge in [-0.25, -0.2) is 0 Å². The maximum atomic E-state index is 10.9. The minimum Gasteiger partial charge on any atom is -0.507 e. The minimum absolute atomic E-state index is 0.0332. The number of benzene rings is 1. The summed E-state index contributed by atoms with van der Waals surface area (Å²) in [7, 11) is 1.53. The van der Waals surface area contributed by atoms with Crippen LogP contribution in [0.15, 0.2) is 35.1 Å². The van der Waals surface area contributed by atoms with Gasteiger partial charge in [-0.05, 0) is 23.8 Å². The van der Waals surface area contributed by atoms with E-state index in [9.17, 15) is 9.90 Å². The largest absolute Gasteiger partial charge is 0.507 e. The first-order valence-corrected chi connectivity index (χ1v) is 5.09. The van der Waals surface area contributed by atoms with Gasteiger partial charge in [-0.2, -0.15) is 0 Å². The van der Waals surface area contributed by atoms with Crippen LogP contribution in [0.3, 0.4) is 0 Å². The van der Waals surface area contributed by atoms with Crippen molar-refractivity contribution in [3.63, 3.8) is 0 Å². The van der Waals surface area contributed by atoms with Gasteiger partial charge in [0.05, 0.1) is 24.7 Å². The van der Waals surface area contributed by atoms with Gasteiger partial charge in [0.25, 0.3) is 0 Å². The van der Waals surface area contributed by atoms with Crippen LogP contribution in [0.25, 0.3) is 11.1 Å². The van der Waals surface area contributed by atoms with E-state index in [1.54, 1.807) is 30.7 Å². The molecule has 0 atom stereocenters. The molecule has 1 aromatic heterocycles. The quantitative estimate of drug-likeness (QED) is 0.823. The molecule has 0 unspecified atom stereocenters. The molecule has 0 aliphatic carbocycles. The van der Waals surface area contributed by atoms with Crippen molar-refractivity contribution in [1.82, 2.24) is 0 Å². The zero-order valence-electron chi connectivity index (χ0n) is 9.34. The molecule has 0 aliphatic heterocycles. The summed E-state index contributed by atoms with van der Waals surface area (Å²) in [6, 6.07) is 5.18. The summed E-state index contributed by atoms with van der Waals surface area (Å²) < 4.78 is 9.97. The van der Waals surface area contributed by atoms with Gasteiger partial charge < -0.3 is 14.3 Å². The van der Waals surface area contributed by atoms with E-state index in [1.165, 1.54) is 7.11 Å². The van der Waals surface area contributed by atoms with Crippen molar-refractivity contribution in [3.8, 4) is 16.9 Å². The molecule has 0 radical (unpaired) electrons. The first kappa shape index (κ1) is 11.4. The molecule has 17 heavy (non-hydrogen) atoms. The number of methoxy groups -OCH3 is 1. The fraction of sp³-hybridized carbons (Fsp3) is 0.154. The number of hydrogen-bond donors (Lipinski definition) is 1. The van der Waals surface area contributed by atoms with Crippen LogP contribution in [-0.2, 0) is 11.3 Å². The Morgan fingerprint density at radius 3 is 2.82 bits per heavy atom. The average molecular weight is 232 g/mol. The Hall–Kier alpha value is -2.07. The predicted octanol–water partition coefficient (Wildman–Crippen LogP) is 2.61. The molecule has 0 saturated carbocycles. The summed E-state index contributed by atoms with van der Waals surface area (Å²) in [6.07, 6.45) is 3.76. The normalized spacial score (nSPS) is 10.4. The number of aldehydes is 1. The van der Waals surface area contributed by atoms with Crippen LogP contribution in [0.1, 0.15) is 15.9 Å². The van der Waals surface area contributed by atoms with E-state index < -0.39 is 0 Å². The number of phenolic OH excluding ortho intramolecular Hbond substituents is 1. The van der Waals surface area contributed by atoms with Crippen molar-refractivity contribution in [2.24, 2.45) is 0 Å². The smallest absolute Gasteiger partial charge is 0.153 e. The molecular formula is C13H12O4. The van der Waals surface area contributed by atoms with E-state index in [1.807, 2.05) is 0 Å². The van der Waals surface area contributed by atoms with Crippen LogP contribution in [-0.4, -0.2) is 18.5 Å². The summed E-state index contributed by atoms with van der Waals surface area (Å²) in [6.45, 7) is 0.248. The number of aromatic hydroxyl groups is 1. The van der Waals surface area contributed by atoms with Crippen molar-refractivity contribution < 1.29 is 19.1 Å². The molecule has 1 aromatic carbocycles. The van der Waals surface area contributed by atoms with Gasteiger partial charge in [-0.3, -0.25) is 4.79 Å². The Balaban J connectivity index is 2.54. The maximum absolute atomic E-state index is 10.9. The van der Waals surface area contributed by atoms with E-state index in [4.69, 9.17) is 9.15 Å². The zero-order chi connectivity index (χ0) is 12.3. The minimum atomic E-state index is -0.0332. The highest BCUT2D eigenvalue weighted by Crippen LogP contribution is 2.29. The molecule has 0 fully saturated rings. The van der Waals surface area contributed by atoms with Crippen molar-refractivity contribution in [2.45, 2.75) is 6.61 Å². The van der Waals surface area contributed by atoms with Crippen molar-refractivity contribution in [2.75, 3.05) is 7.11 Å². The summed E-state index contributed by atoms with van der Waals surface area (Å²) in [5, 5.41) is 9.81. The standard InChI is InChI=1S/C13H12O4/c1-16-7-12-5-10(9-2-3-17-8-9)4-11(6-14)13(12)15/h2-6,8,15H,7H2,1H3. The van der Waals surface area contributed by atoms with Crippen molar-refractivity contribution in [3.05, 3.63) is 41.9 Å². The summed E-state index contributed by atoms with van der Waals surface area (Å²) >= 11 is 0. The molecule has 4 nitrogen and oxygen atoms in total. The molecule has 0 spiro atoms. The van der Waals surface area contributed by atoms with Crippen LogP contribution in [0.5, 0.6) is 5.75 Å². The molecule has 0 amide bonds. The summed E-state index contributed by atoms with van der Waals surface area (Å²) in [5.41, 5.74) is 2.49. The Morgan fingerprint density at radius 1 is 1.41 bits per heavy atom. The van der Waals surface area contributed by atoms with Gasteiger partial charge in [-0.1, -0.05) is 0 Å². The molecule has 2 aromatic rings. The second-order valence-corrected chi connectivity index (χ2v) is 3.64. The molecule has 88 valence electrons. The number of rotatable bonds is 4. The predicted molar refractivity (Wildman–Crippen MR) is 61.9 cm³/mol. The lowest BCUT2D eigenvalue weighted by molar-refractivity contribution is 0.112. The van der Waals surface area contributed by atoms with Crippen LogP contribution >= 0.6 is 0 Å². The first-order valence-electron chi connectivity index (χ1n) is 5.09. The Kier molecular flexibility index (Phi) is 3.25. The average Bonchev–Trinajstić information content (AvgIpc) is 2.85. The number of hydrogen-bond acceptors (Lipinski definition) is 4. The van der Waals surface area contributed by atoms with Gasteiger partial charge in [-0.15, -0.1) is 0 Å². The molecule has 0 saturated heterocycles. The molecule has 2 rings (SSSR count). The lowest BCUT2D eigenvalue weighted by Crippen LogP contribution is -1.93. The Labute approximate surface area is 98.4 Å². The summed E-state index contributed by atoms with van der Waals surface area (Å²) in [4.78, 5) is 10.9. The highest BCUT2D eigenvalue weighted by molar-refractivity contribution is 5.83. The molecule has 4 heteroatoms. The Morgan fingerprint density at radius 2 is 2.24 bits per heavy atom. The van der Waals surface area contributed by atoms with Gasteiger partial charge >= 0.3 is 0 Å². The third-order valence-corrected chi connectivity index (χ3v) is 2.50. The molecule has 1 N–H and O–H groups in total. The second-order valence-electron chi connectivity index (χ2n) is 3.64. The monoisotopic (exact) mass is 232 g/mol. The van der Waals surface area contributed by atoms with Crippen LogP contribution in [0.2, 0.25) is 0 Å².